The second-order valence-corrected chi connectivity index (χ2v) is 5.56. The molecule has 0 saturated heterocycles. The molecule has 2 heterocycles. The Kier molecular flexibility index (Phi) is 5.28. The first-order valence-corrected chi connectivity index (χ1v) is 8.00. The van der Waals surface area contributed by atoms with Gasteiger partial charge < -0.3 is 10.6 Å². The first-order chi connectivity index (χ1) is 12.6. The van der Waals surface area contributed by atoms with Gasteiger partial charge in [0.25, 0.3) is 5.91 Å². The number of hydrogen-bond acceptors (Lipinski definition) is 6. The van der Waals surface area contributed by atoms with Crippen LogP contribution in [-0.4, -0.2) is 26.6 Å². The van der Waals surface area contributed by atoms with Gasteiger partial charge in [-0.05, 0) is 55.0 Å². The van der Waals surface area contributed by atoms with Gasteiger partial charge in [0.1, 0.15) is 5.69 Å². The monoisotopic (exact) mass is 347 g/mol. The molecule has 2 aromatic heterocycles. The highest BCUT2D eigenvalue weighted by atomic mass is 16.2. The van der Waals surface area contributed by atoms with Crippen LogP contribution in [0.4, 0.5) is 11.6 Å². The largest absolute Gasteiger partial charge is 0.350 e. The van der Waals surface area contributed by atoms with E-state index >= 15 is 0 Å². The fourth-order valence-electron chi connectivity index (χ4n) is 2.24. The predicted molar refractivity (Wildman–Crippen MR) is 98.0 cm³/mol. The zero-order chi connectivity index (χ0) is 18.4. The van der Waals surface area contributed by atoms with E-state index in [0.717, 1.165) is 5.56 Å². The van der Waals surface area contributed by atoms with E-state index in [1.807, 2.05) is 12.1 Å². The van der Waals surface area contributed by atoms with Crippen molar-refractivity contribution in [2.75, 3.05) is 10.6 Å². The van der Waals surface area contributed by atoms with Gasteiger partial charge in [-0.25, -0.2) is 9.97 Å². The van der Waals surface area contributed by atoms with Crippen molar-refractivity contribution in [3.05, 3.63) is 77.9 Å². The molecule has 3 rings (SSSR count). The molecule has 7 nitrogen and oxygen atoms in total. The molecule has 0 radical (unpaired) electrons. The number of amides is 1. The van der Waals surface area contributed by atoms with E-state index in [9.17, 15) is 9.59 Å². The summed E-state index contributed by atoms with van der Waals surface area (Å²) in [5.74, 6) is -0.0140. The first kappa shape index (κ1) is 17.2. The third-order valence-corrected chi connectivity index (χ3v) is 3.64. The van der Waals surface area contributed by atoms with E-state index in [1.165, 1.54) is 19.2 Å². The van der Waals surface area contributed by atoms with Crippen LogP contribution < -0.4 is 10.6 Å². The molecule has 1 amide bonds. The SMILES string of the molecule is CC(=O)c1ccc(NC(=O)c2ccnc(NCc3ccncc3)n2)cc1. The molecular weight excluding hydrogens is 330 g/mol. The molecular formula is C19H17N5O2. The maximum Gasteiger partial charge on any atom is 0.274 e. The summed E-state index contributed by atoms with van der Waals surface area (Å²) < 4.78 is 0. The molecule has 1 aromatic carbocycles. The minimum atomic E-state index is -0.352. The Morgan fingerprint density at radius 3 is 2.38 bits per heavy atom. The number of anilines is 2. The Bertz CT molecular complexity index is 911. The zero-order valence-electron chi connectivity index (χ0n) is 14.1. The quantitative estimate of drug-likeness (QED) is 0.666. The van der Waals surface area contributed by atoms with Crippen molar-refractivity contribution < 1.29 is 9.59 Å². The number of nitrogens with zero attached hydrogens (tertiary/aromatic N) is 3. The molecule has 0 atom stereocenters. The van der Waals surface area contributed by atoms with E-state index < -0.39 is 0 Å². The molecule has 0 aliphatic rings. The van der Waals surface area contributed by atoms with Crippen molar-refractivity contribution in [3.63, 3.8) is 0 Å². The van der Waals surface area contributed by atoms with Crippen molar-refractivity contribution in [2.45, 2.75) is 13.5 Å². The van der Waals surface area contributed by atoms with Gasteiger partial charge in [0.05, 0.1) is 0 Å². The van der Waals surface area contributed by atoms with E-state index in [2.05, 4.69) is 25.6 Å². The average molecular weight is 347 g/mol. The summed E-state index contributed by atoms with van der Waals surface area (Å²) in [5.41, 5.74) is 2.45. The maximum atomic E-state index is 12.4. The summed E-state index contributed by atoms with van der Waals surface area (Å²) >= 11 is 0. The van der Waals surface area contributed by atoms with Crippen LogP contribution in [0.2, 0.25) is 0 Å². The van der Waals surface area contributed by atoms with Crippen LogP contribution in [0.25, 0.3) is 0 Å². The second kappa shape index (κ2) is 7.98. The molecule has 130 valence electrons. The van der Waals surface area contributed by atoms with Gasteiger partial charge in [0.15, 0.2) is 5.78 Å². The van der Waals surface area contributed by atoms with Crippen molar-refractivity contribution in [1.29, 1.82) is 0 Å². The number of nitrogens with one attached hydrogen (secondary N) is 2. The second-order valence-electron chi connectivity index (χ2n) is 5.56. The molecule has 3 aromatic rings. The lowest BCUT2D eigenvalue weighted by Gasteiger charge is -2.08. The van der Waals surface area contributed by atoms with E-state index in [4.69, 9.17) is 0 Å². The highest BCUT2D eigenvalue weighted by Crippen LogP contribution is 2.12. The number of ketones is 1. The number of carbonyl (C=O) groups excluding carboxylic acids is 2. The fourth-order valence-corrected chi connectivity index (χ4v) is 2.24. The zero-order valence-corrected chi connectivity index (χ0v) is 14.1. The maximum absolute atomic E-state index is 12.4. The highest BCUT2D eigenvalue weighted by Gasteiger charge is 2.10. The Labute approximate surface area is 150 Å². The summed E-state index contributed by atoms with van der Waals surface area (Å²) in [5, 5.41) is 5.82. The number of rotatable bonds is 6. The van der Waals surface area contributed by atoms with Gasteiger partial charge >= 0.3 is 0 Å². The molecule has 0 unspecified atom stereocenters. The van der Waals surface area contributed by atoms with Gasteiger partial charge in [-0.3, -0.25) is 14.6 Å². The minimum absolute atomic E-state index is 0.0245. The summed E-state index contributed by atoms with van der Waals surface area (Å²) in [6.45, 7) is 2.02. The molecule has 26 heavy (non-hydrogen) atoms. The van der Waals surface area contributed by atoms with E-state index in [0.29, 0.717) is 23.7 Å². The molecule has 0 saturated carbocycles. The van der Waals surface area contributed by atoms with Gasteiger partial charge in [-0.15, -0.1) is 0 Å². The summed E-state index contributed by atoms with van der Waals surface area (Å²) in [6.07, 6.45) is 4.94. The Morgan fingerprint density at radius 2 is 1.69 bits per heavy atom. The Morgan fingerprint density at radius 1 is 0.962 bits per heavy atom. The average Bonchev–Trinajstić information content (AvgIpc) is 2.68. The topological polar surface area (TPSA) is 96.9 Å². The van der Waals surface area contributed by atoms with Crippen molar-refractivity contribution in [2.24, 2.45) is 0 Å². The van der Waals surface area contributed by atoms with Crippen LogP contribution in [0.15, 0.2) is 61.1 Å². The number of benzene rings is 1. The molecule has 0 aliphatic carbocycles. The van der Waals surface area contributed by atoms with Crippen LogP contribution in [-0.2, 0) is 6.54 Å². The fraction of sp³-hybridized carbons (Fsp3) is 0.105. The van der Waals surface area contributed by atoms with E-state index in [1.54, 1.807) is 36.7 Å². The minimum Gasteiger partial charge on any atom is -0.350 e. The molecule has 0 aliphatic heterocycles. The molecule has 0 spiro atoms. The number of carbonyl (C=O) groups is 2. The van der Waals surface area contributed by atoms with Gasteiger partial charge in [-0.2, -0.15) is 0 Å². The van der Waals surface area contributed by atoms with Crippen LogP contribution >= 0.6 is 0 Å². The lowest BCUT2D eigenvalue weighted by molar-refractivity contribution is 0.101. The number of hydrogen-bond donors (Lipinski definition) is 2. The molecule has 0 bridgehead atoms. The summed E-state index contributed by atoms with van der Waals surface area (Å²) in [7, 11) is 0. The summed E-state index contributed by atoms with van der Waals surface area (Å²) in [6, 6.07) is 12.0. The smallest absolute Gasteiger partial charge is 0.274 e. The van der Waals surface area contributed by atoms with Crippen LogP contribution in [0.3, 0.4) is 0 Å². The predicted octanol–water partition coefficient (Wildman–Crippen LogP) is 2.94. The van der Waals surface area contributed by atoms with Crippen LogP contribution in [0.1, 0.15) is 33.3 Å². The summed E-state index contributed by atoms with van der Waals surface area (Å²) in [4.78, 5) is 35.9. The third kappa shape index (κ3) is 4.47. The number of aromatic nitrogens is 3. The molecule has 2 N–H and O–H groups in total. The molecule has 0 fully saturated rings. The normalized spacial score (nSPS) is 10.2. The Balaban J connectivity index is 1.65. The lowest BCUT2D eigenvalue weighted by Crippen LogP contribution is -2.15. The van der Waals surface area contributed by atoms with Crippen molar-refractivity contribution in [1.82, 2.24) is 15.0 Å². The van der Waals surface area contributed by atoms with Gasteiger partial charge in [0, 0.05) is 36.4 Å². The van der Waals surface area contributed by atoms with Gasteiger partial charge in [-0.1, -0.05) is 0 Å². The number of pyridine rings is 1. The van der Waals surface area contributed by atoms with Crippen molar-refractivity contribution in [3.8, 4) is 0 Å². The Hall–Kier alpha value is -3.61. The van der Waals surface area contributed by atoms with Gasteiger partial charge in [0.2, 0.25) is 5.95 Å². The van der Waals surface area contributed by atoms with Crippen molar-refractivity contribution >= 4 is 23.3 Å². The highest BCUT2D eigenvalue weighted by molar-refractivity contribution is 6.03. The number of Topliss-reactive ketones (excluding diaryl/α,β-unsaturated/α-hetero) is 1. The van der Waals surface area contributed by atoms with Crippen LogP contribution in [0, 0.1) is 0 Å². The lowest BCUT2D eigenvalue weighted by atomic mass is 10.1. The first-order valence-electron chi connectivity index (χ1n) is 8.00. The molecule has 7 heteroatoms. The standard InChI is InChI=1S/C19H17N5O2/c1-13(25)15-2-4-16(5-3-15)23-18(26)17-8-11-21-19(24-17)22-12-14-6-9-20-10-7-14/h2-11H,12H2,1H3,(H,23,26)(H,21,22,24). The van der Waals surface area contributed by atoms with E-state index in [-0.39, 0.29) is 17.4 Å². The third-order valence-electron chi connectivity index (χ3n) is 3.64. The van der Waals surface area contributed by atoms with Crippen LogP contribution in [0.5, 0.6) is 0 Å².